The Balaban J connectivity index is 1.48. The molecule has 0 fully saturated rings. The summed E-state index contributed by atoms with van der Waals surface area (Å²) in [5.74, 6) is -1.51. The van der Waals surface area contributed by atoms with Crippen LogP contribution in [0.4, 0.5) is 10.1 Å². The Kier molecular flexibility index (Phi) is 5.47. The fraction of sp³-hybridized carbons (Fsp3) is 0.100. The van der Waals surface area contributed by atoms with Gasteiger partial charge in [-0.25, -0.2) is 18.9 Å². The van der Waals surface area contributed by atoms with Gasteiger partial charge in [-0.15, -0.1) is 11.3 Å². The van der Waals surface area contributed by atoms with Crippen molar-refractivity contribution < 1.29 is 18.7 Å². The second-order valence-electron chi connectivity index (χ2n) is 6.27. The third kappa shape index (κ3) is 4.03. The summed E-state index contributed by atoms with van der Waals surface area (Å²) < 4.78 is 20.0. The van der Waals surface area contributed by atoms with Crippen molar-refractivity contribution in [3.05, 3.63) is 70.2 Å². The lowest BCUT2D eigenvalue weighted by Gasteiger charge is -2.06. The van der Waals surface area contributed by atoms with Gasteiger partial charge in [0.2, 0.25) is 0 Å². The Bertz CT molecular complexity index is 1250. The number of thiophene rings is 1. The summed E-state index contributed by atoms with van der Waals surface area (Å²) in [6.45, 7) is 1.34. The number of hydrogen-bond donors (Lipinski definition) is 1. The van der Waals surface area contributed by atoms with E-state index < -0.39 is 18.5 Å². The van der Waals surface area contributed by atoms with Crippen molar-refractivity contribution in [2.45, 2.75) is 6.92 Å². The number of halogens is 2. The standard InChI is InChI=1S/C20H14ClFN4O3S/c1-11-14-9-16(30-19(14)26(25-11)13-6-4-12(22)5-7-13)20(28)29-10-17(27)24-15-3-2-8-23-18(15)21/h2-9H,10H2,1H3,(H,24,27). The summed E-state index contributed by atoms with van der Waals surface area (Å²) in [5, 5.41) is 7.90. The number of ether oxygens (including phenoxy) is 1. The van der Waals surface area contributed by atoms with E-state index in [1.54, 1.807) is 35.0 Å². The van der Waals surface area contributed by atoms with Crippen molar-refractivity contribution in [1.29, 1.82) is 0 Å². The highest BCUT2D eigenvalue weighted by Crippen LogP contribution is 2.31. The van der Waals surface area contributed by atoms with Gasteiger partial charge in [0.25, 0.3) is 5.91 Å². The molecule has 0 aliphatic rings. The lowest BCUT2D eigenvalue weighted by atomic mass is 10.3. The zero-order valence-corrected chi connectivity index (χ0v) is 17.1. The van der Waals surface area contributed by atoms with Crippen LogP contribution in [0.15, 0.2) is 48.7 Å². The number of rotatable bonds is 5. The molecule has 0 aliphatic carbocycles. The molecule has 4 rings (SSSR count). The molecule has 7 nitrogen and oxygen atoms in total. The van der Waals surface area contributed by atoms with Crippen molar-refractivity contribution >= 4 is 50.7 Å². The van der Waals surface area contributed by atoms with E-state index in [-0.39, 0.29) is 11.0 Å². The van der Waals surface area contributed by atoms with Crippen LogP contribution in [0.3, 0.4) is 0 Å². The summed E-state index contributed by atoms with van der Waals surface area (Å²) in [6.07, 6.45) is 1.49. The summed E-state index contributed by atoms with van der Waals surface area (Å²) in [4.78, 5) is 29.4. The normalized spacial score (nSPS) is 10.9. The first-order valence-electron chi connectivity index (χ1n) is 8.75. The van der Waals surface area contributed by atoms with Crippen LogP contribution >= 0.6 is 22.9 Å². The second-order valence-corrected chi connectivity index (χ2v) is 7.66. The van der Waals surface area contributed by atoms with Gasteiger partial charge >= 0.3 is 5.97 Å². The third-order valence-electron chi connectivity index (χ3n) is 4.18. The van der Waals surface area contributed by atoms with Gasteiger partial charge in [0.05, 0.1) is 17.1 Å². The Morgan fingerprint density at radius 1 is 1.27 bits per heavy atom. The van der Waals surface area contributed by atoms with Crippen molar-refractivity contribution in [3.8, 4) is 5.69 Å². The highest BCUT2D eigenvalue weighted by atomic mass is 35.5. The number of carbonyl (C=O) groups excluding carboxylic acids is 2. The van der Waals surface area contributed by atoms with E-state index in [0.717, 1.165) is 10.2 Å². The summed E-state index contributed by atoms with van der Waals surface area (Å²) in [7, 11) is 0. The van der Waals surface area contributed by atoms with E-state index >= 15 is 0 Å². The monoisotopic (exact) mass is 444 g/mol. The molecular weight excluding hydrogens is 431 g/mol. The maximum absolute atomic E-state index is 13.2. The SMILES string of the molecule is Cc1nn(-c2ccc(F)cc2)c2sc(C(=O)OCC(=O)Nc3cccnc3Cl)cc12. The minimum Gasteiger partial charge on any atom is -0.451 e. The Hall–Kier alpha value is -3.30. The number of esters is 1. The molecule has 1 N–H and O–H groups in total. The van der Waals surface area contributed by atoms with E-state index in [2.05, 4.69) is 15.4 Å². The van der Waals surface area contributed by atoms with Crippen LogP contribution in [0.2, 0.25) is 5.15 Å². The van der Waals surface area contributed by atoms with Gasteiger partial charge in [-0.05, 0) is 49.4 Å². The number of anilines is 1. The van der Waals surface area contributed by atoms with Crippen LogP contribution in [0.1, 0.15) is 15.4 Å². The molecule has 0 radical (unpaired) electrons. The molecule has 30 heavy (non-hydrogen) atoms. The number of fused-ring (bicyclic) bond motifs is 1. The van der Waals surface area contributed by atoms with Crippen LogP contribution in [0, 0.1) is 12.7 Å². The number of benzene rings is 1. The summed E-state index contributed by atoms with van der Waals surface area (Å²) >= 11 is 7.07. The molecule has 0 bridgehead atoms. The van der Waals surface area contributed by atoms with Crippen molar-refractivity contribution in [2.24, 2.45) is 0 Å². The third-order valence-corrected chi connectivity index (χ3v) is 5.58. The fourth-order valence-electron chi connectivity index (χ4n) is 2.77. The second kappa shape index (κ2) is 8.21. The fourth-order valence-corrected chi connectivity index (χ4v) is 4.02. The quantitative estimate of drug-likeness (QED) is 0.364. The molecule has 0 saturated carbocycles. The van der Waals surface area contributed by atoms with Gasteiger partial charge in [0.1, 0.15) is 15.5 Å². The highest BCUT2D eigenvalue weighted by molar-refractivity contribution is 7.20. The van der Waals surface area contributed by atoms with Crippen LogP contribution in [-0.2, 0) is 9.53 Å². The van der Waals surface area contributed by atoms with E-state index in [0.29, 0.717) is 21.9 Å². The molecule has 1 amide bonds. The summed E-state index contributed by atoms with van der Waals surface area (Å²) in [6, 6.07) is 10.8. The number of amides is 1. The largest absolute Gasteiger partial charge is 0.451 e. The first-order chi connectivity index (χ1) is 14.4. The van der Waals surface area contributed by atoms with Crippen LogP contribution in [0.5, 0.6) is 0 Å². The molecule has 4 aromatic rings. The number of nitrogens with zero attached hydrogens (tertiary/aromatic N) is 3. The predicted molar refractivity (Wildman–Crippen MR) is 112 cm³/mol. The smallest absolute Gasteiger partial charge is 0.348 e. The molecule has 0 spiro atoms. The molecular formula is C20H14ClFN4O3S. The molecule has 0 aliphatic heterocycles. The molecule has 3 heterocycles. The Morgan fingerprint density at radius 3 is 2.77 bits per heavy atom. The van der Waals surface area contributed by atoms with E-state index in [1.807, 2.05) is 6.92 Å². The lowest BCUT2D eigenvalue weighted by molar-refractivity contribution is -0.119. The summed E-state index contributed by atoms with van der Waals surface area (Å²) in [5.41, 5.74) is 1.72. The van der Waals surface area contributed by atoms with Gasteiger partial charge in [0, 0.05) is 11.6 Å². The molecule has 0 unspecified atom stereocenters. The lowest BCUT2D eigenvalue weighted by Crippen LogP contribution is -2.20. The molecule has 10 heteroatoms. The first kappa shape index (κ1) is 20.0. The molecule has 0 saturated heterocycles. The highest BCUT2D eigenvalue weighted by Gasteiger charge is 2.19. The molecule has 1 aromatic carbocycles. The van der Waals surface area contributed by atoms with Crippen molar-refractivity contribution in [2.75, 3.05) is 11.9 Å². The van der Waals surface area contributed by atoms with E-state index in [1.165, 1.54) is 29.7 Å². The number of nitrogens with one attached hydrogen (secondary N) is 1. The van der Waals surface area contributed by atoms with Crippen LogP contribution < -0.4 is 5.32 Å². The average Bonchev–Trinajstić information content (AvgIpc) is 3.29. The minimum atomic E-state index is -0.631. The number of carbonyl (C=O) groups is 2. The molecule has 0 atom stereocenters. The van der Waals surface area contributed by atoms with Gasteiger partial charge in [-0.1, -0.05) is 11.6 Å². The van der Waals surface area contributed by atoms with Crippen LogP contribution in [0.25, 0.3) is 15.9 Å². The van der Waals surface area contributed by atoms with Gasteiger partial charge in [0.15, 0.2) is 11.8 Å². The minimum absolute atomic E-state index is 0.141. The average molecular weight is 445 g/mol. The van der Waals surface area contributed by atoms with Gasteiger partial charge in [-0.3, -0.25) is 4.79 Å². The van der Waals surface area contributed by atoms with Crippen LogP contribution in [-0.4, -0.2) is 33.2 Å². The zero-order chi connectivity index (χ0) is 21.3. The first-order valence-corrected chi connectivity index (χ1v) is 9.94. The Labute approximate surface area is 179 Å². The van der Waals surface area contributed by atoms with Gasteiger partial charge < -0.3 is 10.1 Å². The topological polar surface area (TPSA) is 86.1 Å². The van der Waals surface area contributed by atoms with E-state index in [4.69, 9.17) is 16.3 Å². The van der Waals surface area contributed by atoms with E-state index in [9.17, 15) is 14.0 Å². The number of hydrogen-bond acceptors (Lipinski definition) is 6. The van der Waals surface area contributed by atoms with Crippen molar-refractivity contribution in [1.82, 2.24) is 14.8 Å². The predicted octanol–water partition coefficient (Wildman–Crippen LogP) is 4.38. The Morgan fingerprint density at radius 2 is 2.03 bits per heavy atom. The maximum Gasteiger partial charge on any atom is 0.348 e. The number of aryl methyl sites for hydroxylation is 1. The number of aromatic nitrogens is 3. The zero-order valence-electron chi connectivity index (χ0n) is 15.6. The number of pyridine rings is 1. The van der Waals surface area contributed by atoms with Gasteiger partial charge in [-0.2, -0.15) is 5.10 Å². The molecule has 152 valence electrons. The van der Waals surface area contributed by atoms with Crippen molar-refractivity contribution in [3.63, 3.8) is 0 Å². The maximum atomic E-state index is 13.2. The molecule has 3 aromatic heterocycles.